The van der Waals surface area contributed by atoms with E-state index in [0.717, 1.165) is 71.2 Å². The summed E-state index contributed by atoms with van der Waals surface area (Å²) in [6, 6.07) is 0. The van der Waals surface area contributed by atoms with Crippen molar-refractivity contribution >= 4 is 0 Å². The molecule has 0 radical (unpaired) electrons. The van der Waals surface area contributed by atoms with Crippen LogP contribution >= 0.6 is 0 Å². The fourth-order valence-electron chi connectivity index (χ4n) is 10.0. The molecule has 4 aliphatic rings. The van der Waals surface area contributed by atoms with E-state index in [0.29, 0.717) is 61.2 Å². The molecule has 228 valence electrons. The summed E-state index contributed by atoms with van der Waals surface area (Å²) >= 11 is 0. The number of aliphatic hydroxyl groups is 1. The summed E-state index contributed by atoms with van der Waals surface area (Å²) < 4.78 is 20.0. The van der Waals surface area contributed by atoms with Crippen LogP contribution in [0.1, 0.15) is 91.4 Å². The van der Waals surface area contributed by atoms with Crippen LogP contribution < -0.4 is 17.2 Å². The van der Waals surface area contributed by atoms with E-state index < -0.39 is 0 Å². The van der Waals surface area contributed by atoms with Gasteiger partial charge in [0.25, 0.3) is 0 Å². The maximum absolute atomic E-state index is 9.83. The fraction of sp³-hybridized carbons (Fsp3) is 1.00. The van der Waals surface area contributed by atoms with Crippen LogP contribution in [0, 0.1) is 46.3 Å². The van der Waals surface area contributed by atoms with Crippen LogP contribution in [-0.4, -0.2) is 69.5 Å². The van der Waals surface area contributed by atoms with E-state index in [9.17, 15) is 5.11 Å². The van der Waals surface area contributed by atoms with Crippen LogP contribution in [0.15, 0.2) is 0 Å². The van der Waals surface area contributed by atoms with E-state index in [-0.39, 0.29) is 29.6 Å². The molecule has 4 unspecified atom stereocenters. The average molecular weight is 552 g/mol. The molecule has 7 N–H and O–H groups in total. The minimum Gasteiger partial charge on any atom is -0.396 e. The Kier molecular flexibility index (Phi) is 11.6. The van der Waals surface area contributed by atoms with Crippen LogP contribution in [0.2, 0.25) is 0 Å². The predicted molar refractivity (Wildman–Crippen MR) is 157 cm³/mol. The molecule has 4 saturated carbocycles. The smallest absolute Gasteiger partial charge is 0.0637 e. The summed E-state index contributed by atoms with van der Waals surface area (Å²) in [7, 11) is 0. The van der Waals surface area contributed by atoms with Gasteiger partial charge in [-0.15, -0.1) is 0 Å². The molecule has 11 atom stereocenters. The first-order chi connectivity index (χ1) is 18.8. The lowest BCUT2D eigenvalue weighted by Gasteiger charge is -2.65. The van der Waals surface area contributed by atoms with E-state index in [2.05, 4.69) is 20.8 Å². The average Bonchev–Trinajstić information content (AvgIpc) is 3.28. The van der Waals surface area contributed by atoms with Gasteiger partial charge >= 0.3 is 0 Å². The van der Waals surface area contributed by atoms with Crippen molar-refractivity contribution in [2.45, 2.75) is 110 Å². The first kappa shape index (κ1) is 31.7. The van der Waals surface area contributed by atoms with Gasteiger partial charge in [-0.1, -0.05) is 20.8 Å². The highest BCUT2D eigenvalue weighted by atomic mass is 16.5. The van der Waals surface area contributed by atoms with Gasteiger partial charge in [0.05, 0.1) is 18.3 Å². The summed E-state index contributed by atoms with van der Waals surface area (Å²) in [5.74, 6) is 3.41. The van der Waals surface area contributed by atoms with E-state index in [1.54, 1.807) is 0 Å². The van der Waals surface area contributed by atoms with Gasteiger partial charge in [0, 0.05) is 31.8 Å². The molecule has 7 nitrogen and oxygen atoms in total. The topological polar surface area (TPSA) is 126 Å². The van der Waals surface area contributed by atoms with Gasteiger partial charge in [-0.25, -0.2) is 0 Å². The standard InChI is InChI=1S/C32H61N3O4/c1-22(10-15-36)25-7-8-26-30-27(21-29(32(25,26)3)39-18-6-14-35)31(2)11-9-24(37-16-4-12-33)19-23(31)20-28(30)38-17-5-13-34/h22-30,36H,4-21,33-35H2,1-3H3/t22?,23?,24-,25?,26+,27+,28-,29+,30?,31+,32-/m1/s1. The van der Waals surface area contributed by atoms with Crippen LogP contribution in [0.25, 0.3) is 0 Å². The Labute approximate surface area is 238 Å². The fourth-order valence-corrected chi connectivity index (χ4v) is 10.0. The molecule has 4 aliphatic carbocycles. The molecule has 0 amide bonds. The molecule has 0 saturated heterocycles. The van der Waals surface area contributed by atoms with Crippen LogP contribution in [0.4, 0.5) is 0 Å². The van der Waals surface area contributed by atoms with Crippen molar-refractivity contribution in [3.05, 3.63) is 0 Å². The normalized spacial score (nSPS) is 42.5. The first-order valence-electron chi connectivity index (χ1n) is 16.4. The Morgan fingerprint density at radius 2 is 1.49 bits per heavy atom. The van der Waals surface area contributed by atoms with Crippen molar-refractivity contribution < 1.29 is 19.3 Å². The molecule has 0 aromatic carbocycles. The lowest BCUT2D eigenvalue weighted by Crippen LogP contribution is -2.63. The summed E-state index contributed by atoms with van der Waals surface area (Å²) in [6.07, 6.45) is 12.8. The van der Waals surface area contributed by atoms with Gasteiger partial charge in [0.2, 0.25) is 0 Å². The predicted octanol–water partition coefficient (Wildman–Crippen LogP) is 4.09. The number of hydrogen-bond acceptors (Lipinski definition) is 7. The summed E-state index contributed by atoms with van der Waals surface area (Å²) in [4.78, 5) is 0. The van der Waals surface area contributed by atoms with Crippen molar-refractivity contribution in [2.75, 3.05) is 46.1 Å². The van der Waals surface area contributed by atoms with E-state index in [1.807, 2.05) is 0 Å². The molecule has 0 bridgehead atoms. The molecule has 0 aliphatic heterocycles. The Hall–Kier alpha value is -0.280. The third kappa shape index (κ3) is 6.40. The van der Waals surface area contributed by atoms with E-state index in [4.69, 9.17) is 31.4 Å². The maximum Gasteiger partial charge on any atom is 0.0637 e. The zero-order chi connectivity index (χ0) is 28.0. The number of fused-ring (bicyclic) bond motifs is 5. The lowest BCUT2D eigenvalue weighted by molar-refractivity contribution is -0.227. The number of nitrogens with two attached hydrogens (primary N) is 3. The van der Waals surface area contributed by atoms with Crippen molar-refractivity contribution in [1.82, 2.24) is 0 Å². The van der Waals surface area contributed by atoms with Crippen molar-refractivity contribution in [3.8, 4) is 0 Å². The zero-order valence-electron chi connectivity index (χ0n) is 25.3. The zero-order valence-corrected chi connectivity index (χ0v) is 25.3. The number of ether oxygens (including phenoxy) is 3. The highest BCUT2D eigenvalue weighted by Gasteiger charge is 2.66. The monoisotopic (exact) mass is 551 g/mol. The molecule has 39 heavy (non-hydrogen) atoms. The Morgan fingerprint density at radius 1 is 0.821 bits per heavy atom. The Bertz CT molecular complexity index is 742. The number of aliphatic hydroxyl groups excluding tert-OH is 1. The molecule has 0 aromatic rings. The Morgan fingerprint density at radius 3 is 2.15 bits per heavy atom. The molecule has 4 fully saturated rings. The highest BCUT2D eigenvalue weighted by molar-refractivity contribution is 5.15. The number of hydrogen-bond donors (Lipinski definition) is 4. The van der Waals surface area contributed by atoms with Gasteiger partial charge < -0.3 is 36.5 Å². The van der Waals surface area contributed by atoms with Crippen LogP contribution in [0.3, 0.4) is 0 Å². The van der Waals surface area contributed by atoms with E-state index >= 15 is 0 Å². The minimum absolute atomic E-state index is 0.103. The molecular weight excluding hydrogens is 490 g/mol. The highest BCUT2D eigenvalue weighted by Crippen LogP contribution is 2.69. The molecule has 4 rings (SSSR count). The van der Waals surface area contributed by atoms with Gasteiger partial charge in [0.1, 0.15) is 0 Å². The van der Waals surface area contributed by atoms with Crippen molar-refractivity contribution in [3.63, 3.8) is 0 Å². The van der Waals surface area contributed by atoms with Crippen molar-refractivity contribution in [2.24, 2.45) is 63.5 Å². The third-order valence-electron chi connectivity index (χ3n) is 12.1. The molecular formula is C32H61N3O4. The lowest BCUT2D eigenvalue weighted by atomic mass is 9.43. The quantitative estimate of drug-likeness (QED) is 0.226. The molecule has 7 heteroatoms. The molecule has 0 spiro atoms. The minimum atomic E-state index is 0.103. The summed E-state index contributed by atoms with van der Waals surface area (Å²) in [5, 5.41) is 9.83. The van der Waals surface area contributed by atoms with Gasteiger partial charge in [-0.2, -0.15) is 0 Å². The molecule has 0 heterocycles. The first-order valence-corrected chi connectivity index (χ1v) is 16.4. The van der Waals surface area contributed by atoms with Crippen molar-refractivity contribution in [1.29, 1.82) is 0 Å². The second kappa shape index (κ2) is 14.3. The van der Waals surface area contributed by atoms with Crippen LogP contribution in [0.5, 0.6) is 0 Å². The largest absolute Gasteiger partial charge is 0.396 e. The summed E-state index contributed by atoms with van der Waals surface area (Å²) in [5.41, 5.74) is 17.9. The second-order valence-corrected chi connectivity index (χ2v) is 14.0. The Balaban J connectivity index is 1.64. The van der Waals surface area contributed by atoms with Gasteiger partial charge in [-0.05, 0) is 131 Å². The van der Waals surface area contributed by atoms with Crippen LogP contribution in [-0.2, 0) is 14.2 Å². The second-order valence-electron chi connectivity index (χ2n) is 14.0. The molecule has 0 aromatic heterocycles. The number of rotatable bonds is 15. The summed E-state index contributed by atoms with van der Waals surface area (Å²) in [6.45, 7) is 12.1. The van der Waals surface area contributed by atoms with E-state index in [1.165, 1.54) is 19.3 Å². The van der Waals surface area contributed by atoms with Gasteiger partial charge in [-0.3, -0.25) is 0 Å². The maximum atomic E-state index is 9.83. The third-order valence-corrected chi connectivity index (χ3v) is 12.1. The SMILES string of the molecule is CC(CCO)C1CC[C@H]2C3[C@H](OCCCN)CC4C[C@H](OCCCN)CC[C@]4(C)[C@H]3C[C@H](OCCCN)[C@]12C. The van der Waals surface area contributed by atoms with Gasteiger partial charge in [0.15, 0.2) is 0 Å².